The van der Waals surface area contributed by atoms with Crippen molar-refractivity contribution in [2.75, 3.05) is 0 Å². The Hall–Kier alpha value is -0.730. The molecule has 0 saturated carbocycles. The van der Waals surface area contributed by atoms with Crippen molar-refractivity contribution in [3.63, 3.8) is 0 Å². The highest BCUT2D eigenvalue weighted by atomic mass is 16.5. The van der Waals surface area contributed by atoms with Crippen LogP contribution in [-0.4, -0.2) is 18.2 Å². The molecule has 1 aliphatic heterocycles. The van der Waals surface area contributed by atoms with Gasteiger partial charge in [-0.2, -0.15) is 0 Å². The molecule has 0 aromatic rings. The minimum absolute atomic E-state index is 0.0150. The average molecular weight is 199 g/mol. The van der Waals surface area contributed by atoms with E-state index < -0.39 is 0 Å². The minimum Gasteiger partial charge on any atom is -0.375 e. The van der Waals surface area contributed by atoms with Gasteiger partial charge in [-0.15, -0.1) is 0 Å². The molecule has 0 bridgehead atoms. The SMILES string of the molecule is CC.CC1O[C@@H](C)[C@@H](C)C[C@@H]1N=[N+]=[N-]. The molecule has 0 aliphatic carbocycles. The van der Waals surface area contributed by atoms with E-state index >= 15 is 0 Å². The van der Waals surface area contributed by atoms with E-state index in [-0.39, 0.29) is 18.2 Å². The largest absolute Gasteiger partial charge is 0.375 e. The van der Waals surface area contributed by atoms with Crippen molar-refractivity contribution in [3.8, 4) is 0 Å². The van der Waals surface area contributed by atoms with Gasteiger partial charge in [0, 0.05) is 4.91 Å². The molecule has 0 spiro atoms. The van der Waals surface area contributed by atoms with Crippen LogP contribution in [0.2, 0.25) is 0 Å². The van der Waals surface area contributed by atoms with Gasteiger partial charge in [-0.25, -0.2) is 0 Å². The topological polar surface area (TPSA) is 58.0 Å². The molecule has 1 saturated heterocycles. The molecule has 1 rings (SSSR count). The Labute approximate surface area is 86.3 Å². The van der Waals surface area contributed by atoms with Gasteiger partial charge < -0.3 is 4.74 Å². The Bertz CT molecular complexity index is 202. The summed E-state index contributed by atoms with van der Waals surface area (Å²) in [6, 6.07) is 0.0150. The quantitative estimate of drug-likeness (QED) is 0.362. The van der Waals surface area contributed by atoms with E-state index in [0.29, 0.717) is 5.92 Å². The average Bonchev–Trinajstić information content (AvgIpc) is 2.18. The Kier molecular flexibility index (Phi) is 6.34. The van der Waals surface area contributed by atoms with Crippen LogP contribution >= 0.6 is 0 Å². The van der Waals surface area contributed by atoms with Crippen molar-refractivity contribution in [2.45, 2.75) is 59.3 Å². The molecule has 1 unspecified atom stereocenters. The van der Waals surface area contributed by atoms with Crippen molar-refractivity contribution < 1.29 is 4.74 Å². The maximum atomic E-state index is 8.29. The molecule has 1 aliphatic rings. The third-order valence-electron chi connectivity index (χ3n) is 2.59. The number of azide groups is 1. The first kappa shape index (κ1) is 13.3. The molecular weight excluding hydrogens is 178 g/mol. The Morgan fingerprint density at radius 3 is 2.29 bits per heavy atom. The lowest BCUT2D eigenvalue weighted by molar-refractivity contribution is -0.0704. The van der Waals surface area contributed by atoms with Crippen LogP contribution < -0.4 is 0 Å². The molecule has 1 fully saturated rings. The lowest BCUT2D eigenvalue weighted by Gasteiger charge is -2.35. The second kappa shape index (κ2) is 6.68. The van der Waals surface area contributed by atoms with Gasteiger partial charge in [-0.3, -0.25) is 0 Å². The van der Waals surface area contributed by atoms with Crippen LogP contribution in [0.4, 0.5) is 0 Å². The Balaban J connectivity index is 0.000000791. The van der Waals surface area contributed by atoms with Gasteiger partial charge in [-0.05, 0) is 31.7 Å². The molecule has 0 aromatic heterocycles. The molecule has 0 aromatic carbocycles. The van der Waals surface area contributed by atoms with Gasteiger partial charge in [-0.1, -0.05) is 25.9 Å². The fourth-order valence-electron chi connectivity index (χ4n) is 1.53. The number of hydrogen-bond acceptors (Lipinski definition) is 2. The summed E-state index contributed by atoms with van der Waals surface area (Å²) >= 11 is 0. The van der Waals surface area contributed by atoms with Gasteiger partial charge in [0.2, 0.25) is 0 Å². The van der Waals surface area contributed by atoms with E-state index in [1.54, 1.807) is 0 Å². The third kappa shape index (κ3) is 3.56. The first-order chi connectivity index (χ1) is 6.65. The van der Waals surface area contributed by atoms with Gasteiger partial charge in [0.05, 0.1) is 18.2 Å². The Morgan fingerprint density at radius 2 is 1.79 bits per heavy atom. The highest BCUT2D eigenvalue weighted by Crippen LogP contribution is 2.26. The van der Waals surface area contributed by atoms with Gasteiger partial charge in [0.25, 0.3) is 0 Å². The first-order valence-corrected chi connectivity index (χ1v) is 5.34. The third-order valence-corrected chi connectivity index (χ3v) is 2.59. The number of ether oxygens (including phenoxy) is 1. The number of rotatable bonds is 1. The van der Waals surface area contributed by atoms with Crippen LogP contribution in [0.1, 0.15) is 41.0 Å². The van der Waals surface area contributed by atoms with Crippen molar-refractivity contribution in [3.05, 3.63) is 10.4 Å². The molecule has 4 atom stereocenters. The zero-order valence-corrected chi connectivity index (χ0v) is 9.77. The van der Waals surface area contributed by atoms with Crippen LogP contribution in [0, 0.1) is 5.92 Å². The van der Waals surface area contributed by atoms with E-state index in [4.69, 9.17) is 10.3 Å². The molecule has 14 heavy (non-hydrogen) atoms. The summed E-state index contributed by atoms with van der Waals surface area (Å²) in [5.74, 6) is 0.483. The summed E-state index contributed by atoms with van der Waals surface area (Å²) < 4.78 is 5.60. The molecule has 1 heterocycles. The lowest BCUT2D eigenvalue weighted by Crippen LogP contribution is -2.39. The second-order valence-corrected chi connectivity index (χ2v) is 3.53. The maximum Gasteiger partial charge on any atom is 0.0637 e. The molecule has 4 nitrogen and oxygen atoms in total. The molecule has 0 radical (unpaired) electrons. The normalized spacial score (nSPS) is 36.4. The molecule has 0 amide bonds. The molecule has 4 heteroatoms. The summed E-state index contributed by atoms with van der Waals surface area (Å²) in [7, 11) is 0. The molecule has 82 valence electrons. The highest BCUT2D eigenvalue weighted by molar-refractivity contribution is 4.83. The van der Waals surface area contributed by atoms with Crippen LogP contribution in [0.15, 0.2) is 5.11 Å². The fourth-order valence-corrected chi connectivity index (χ4v) is 1.53. The zero-order chi connectivity index (χ0) is 11.1. The van der Waals surface area contributed by atoms with E-state index in [1.807, 2.05) is 20.8 Å². The summed E-state index contributed by atoms with van der Waals surface area (Å²) in [4.78, 5) is 2.81. The van der Waals surface area contributed by atoms with Crippen LogP contribution in [0.3, 0.4) is 0 Å². The highest BCUT2D eigenvalue weighted by Gasteiger charge is 2.29. The standard InChI is InChI=1S/C8H15N3O.C2H6/c1-5-4-8(10-11-9)7(3)12-6(5)2;1-2/h5-8H,4H2,1-3H3;1-2H3/t5-,6-,7?,8-;/m0./s1. The number of hydrogen-bond donors (Lipinski definition) is 0. The van der Waals surface area contributed by atoms with Crippen LogP contribution in [0.25, 0.3) is 10.4 Å². The summed E-state index contributed by atoms with van der Waals surface area (Å²) in [5, 5.41) is 3.71. The minimum atomic E-state index is 0.0150. The lowest BCUT2D eigenvalue weighted by atomic mass is 9.91. The van der Waals surface area contributed by atoms with Crippen molar-refractivity contribution >= 4 is 0 Å². The summed E-state index contributed by atoms with van der Waals surface area (Å²) in [6.07, 6.45) is 1.28. The van der Waals surface area contributed by atoms with Gasteiger partial charge >= 0.3 is 0 Å². The van der Waals surface area contributed by atoms with E-state index in [1.165, 1.54) is 0 Å². The van der Waals surface area contributed by atoms with Crippen molar-refractivity contribution in [1.29, 1.82) is 0 Å². The van der Waals surface area contributed by atoms with E-state index in [2.05, 4.69) is 23.9 Å². The summed E-state index contributed by atoms with van der Waals surface area (Å²) in [5.41, 5.74) is 8.29. The van der Waals surface area contributed by atoms with Crippen molar-refractivity contribution in [1.82, 2.24) is 0 Å². The maximum absolute atomic E-state index is 8.29. The number of nitrogens with zero attached hydrogens (tertiary/aromatic N) is 3. The first-order valence-electron chi connectivity index (χ1n) is 5.34. The van der Waals surface area contributed by atoms with E-state index in [9.17, 15) is 0 Å². The molecular formula is C10H21N3O. The second-order valence-electron chi connectivity index (χ2n) is 3.53. The van der Waals surface area contributed by atoms with Crippen molar-refractivity contribution in [2.24, 2.45) is 11.0 Å². The summed E-state index contributed by atoms with van der Waals surface area (Å²) in [6.45, 7) is 10.1. The predicted molar refractivity (Wildman–Crippen MR) is 58.1 cm³/mol. The van der Waals surface area contributed by atoms with Crippen LogP contribution in [-0.2, 0) is 4.74 Å². The monoisotopic (exact) mass is 199 g/mol. The smallest absolute Gasteiger partial charge is 0.0637 e. The predicted octanol–water partition coefficient (Wildman–Crippen LogP) is 3.52. The van der Waals surface area contributed by atoms with Crippen LogP contribution in [0.5, 0.6) is 0 Å². The molecule has 0 N–H and O–H groups in total. The Morgan fingerprint density at radius 1 is 1.21 bits per heavy atom. The van der Waals surface area contributed by atoms with Gasteiger partial charge in [0.15, 0.2) is 0 Å². The van der Waals surface area contributed by atoms with E-state index in [0.717, 1.165) is 6.42 Å². The fraction of sp³-hybridized carbons (Fsp3) is 1.00. The van der Waals surface area contributed by atoms with Gasteiger partial charge in [0.1, 0.15) is 0 Å². The zero-order valence-electron chi connectivity index (χ0n) is 9.77.